The van der Waals surface area contributed by atoms with E-state index < -0.39 is 5.54 Å². The van der Waals surface area contributed by atoms with E-state index in [-0.39, 0.29) is 17.1 Å². The van der Waals surface area contributed by atoms with Crippen LogP contribution in [0.15, 0.2) is 29.2 Å². The molecule has 1 saturated carbocycles. The van der Waals surface area contributed by atoms with Crippen LogP contribution in [0.1, 0.15) is 46.0 Å². The number of carbonyl (C=O) groups excluding carboxylic acids is 2. The number of halogens is 1. The summed E-state index contributed by atoms with van der Waals surface area (Å²) in [5, 5.41) is 6.33. The van der Waals surface area contributed by atoms with E-state index in [2.05, 4.69) is 10.6 Å². The third-order valence-electron chi connectivity index (χ3n) is 4.34. The van der Waals surface area contributed by atoms with E-state index in [1.165, 1.54) is 11.8 Å². The monoisotopic (exact) mass is 368 g/mol. The van der Waals surface area contributed by atoms with Gasteiger partial charge in [0, 0.05) is 16.5 Å². The molecule has 24 heavy (non-hydrogen) atoms. The summed E-state index contributed by atoms with van der Waals surface area (Å²) >= 11 is 7.36. The molecule has 0 aromatic heterocycles. The highest BCUT2D eigenvalue weighted by Crippen LogP contribution is 2.30. The van der Waals surface area contributed by atoms with Crippen LogP contribution in [-0.2, 0) is 9.59 Å². The average Bonchev–Trinajstić information content (AvgIpc) is 2.58. The standard InChI is InChI=1S/C18H25ClN2O2S/c1-3-20-17(23)18(11-5-4-6-12-18)21-16(22)13(2)24-15-9-7-14(19)8-10-15/h7-10,13H,3-6,11-12H2,1-2H3,(H,20,23)(H,21,22). The molecule has 2 N–H and O–H groups in total. The molecule has 1 aromatic carbocycles. The van der Waals surface area contributed by atoms with Crippen molar-refractivity contribution in [2.24, 2.45) is 0 Å². The van der Waals surface area contributed by atoms with Crippen molar-refractivity contribution in [1.29, 1.82) is 0 Å². The maximum atomic E-state index is 12.7. The second-order valence-electron chi connectivity index (χ2n) is 6.21. The second-order valence-corrected chi connectivity index (χ2v) is 8.06. The van der Waals surface area contributed by atoms with E-state index >= 15 is 0 Å². The Labute approximate surface area is 153 Å². The van der Waals surface area contributed by atoms with Crippen molar-refractivity contribution in [2.75, 3.05) is 6.54 Å². The number of amides is 2. The summed E-state index contributed by atoms with van der Waals surface area (Å²) in [6.45, 7) is 4.34. The minimum absolute atomic E-state index is 0.0539. The van der Waals surface area contributed by atoms with Gasteiger partial charge in [0.2, 0.25) is 11.8 Å². The van der Waals surface area contributed by atoms with Crippen molar-refractivity contribution in [2.45, 2.75) is 61.6 Å². The zero-order valence-corrected chi connectivity index (χ0v) is 15.8. The second kappa shape index (κ2) is 8.77. The molecule has 1 unspecified atom stereocenters. The number of benzene rings is 1. The van der Waals surface area contributed by atoms with Gasteiger partial charge >= 0.3 is 0 Å². The summed E-state index contributed by atoms with van der Waals surface area (Å²) in [5.74, 6) is -0.148. The third kappa shape index (κ3) is 4.90. The first kappa shape index (κ1) is 19.1. The summed E-state index contributed by atoms with van der Waals surface area (Å²) in [4.78, 5) is 26.2. The Morgan fingerprint density at radius 2 is 1.83 bits per heavy atom. The first-order valence-corrected chi connectivity index (χ1v) is 9.75. The third-order valence-corrected chi connectivity index (χ3v) is 5.70. The van der Waals surface area contributed by atoms with Crippen LogP contribution in [0.5, 0.6) is 0 Å². The van der Waals surface area contributed by atoms with Gasteiger partial charge in [0.05, 0.1) is 5.25 Å². The highest BCUT2D eigenvalue weighted by Gasteiger charge is 2.41. The molecule has 0 heterocycles. The van der Waals surface area contributed by atoms with Gasteiger partial charge in [-0.1, -0.05) is 30.9 Å². The molecule has 0 aliphatic heterocycles. The van der Waals surface area contributed by atoms with E-state index in [1.54, 1.807) is 0 Å². The van der Waals surface area contributed by atoms with Crippen LogP contribution in [0.25, 0.3) is 0 Å². The van der Waals surface area contributed by atoms with Crippen LogP contribution in [0, 0.1) is 0 Å². The number of nitrogens with one attached hydrogen (secondary N) is 2. The van der Waals surface area contributed by atoms with Crippen LogP contribution in [0.2, 0.25) is 5.02 Å². The fourth-order valence-electron chi connectivity index (χ4n) is 3.00. The van der Waals surface area contributed by atoms with Crippen LogP contribution >= 0.6 is 23.4 Å². The van der Waals surface area contributed by atoms with Crippen molar-refractivity contribution in [1.82, 2.24) is 10.6 Å². The molecule has 0 spiro atoms. The largest absolute Gasteiger partial charge is 0.354 e. The maximum Gasteiger partial charge on any atom is 0.245 e. The number of likely N-dealkylation sites (N-methyl/N-ethyl adjacent to an activating group) is 1. The number of carbonyl (C=O) groups is 2. The van der Waals surface area contributed by atoms with Crippen molar-refractivity contribution in [3.05, 3.63) is 29.3 Å². The molecule has 2 amide bonds. The Hall–Kier alpha value is -1.20. The molecule has 4 nitrogen and oxygen atoms in total. The Morgan fingerprint density at radius 1 is 1.21 bits per heavy atom. The molecule has 6 heteroatoms. The molecule has 0 saturated heterocycles. The molecule has 1 atom stereocenters. The number of thioether (sulfide) groups is 1. The van der Waals surface area contributed by atoms with Gasteiger partial charge in [-0.2, -0.15) is 0 Å². The molecule has 0 radical (unpaired) electrons. The predicted octanol–water partition coefficient (Wildman–Crippen LogP) is 3.78. The van der Waals surface area contributed by atoms with Crippen molar-refractivity contribution in [3.63, 3.8) is 0 Å². The molecule has 1 fully saturated rings. The minimum atomic E-state index is -0.750. The van der Waals surface area contributed by atoms with E-state index in [1.807, 2.05) is 38.1 Å². The quantitative estimate of drug-likeness (QED) is 0.751. The van der Waals surface area contributed by atoms with Gasteiger partial charge in [0.15, 0.2) is 0 Å². The average molecular weight is 369 g/mol. The Kier molecular flexibility index (Phi) is 6.99. The highest BCUT2D eigenvalue weighted by atomic mass is 35.5. The van der Waals surface area contributed by atoms with Gasteiger partial charge < -0.3 is 10.6 Å². The van der Waals surface area contributed by atoms with Gasteiger partial charge in [-0.15, -0.1) is 11.8 Å². The molecule has 1 aromatic rings. The van der Waals surface area contributed by atoms with Gasteiger partial charge in [-0.3, -0.25) is 9.59 Å². The van der Waals surface area contributed by atoms with E-state index in [0.717, 1.165) is 24.2 Å². The summed E-state index contributed by atoms with van der Waals surface area (Å²) in [6.07, 6.45) is 4.48. The molecule has 1 aliphatic carbocycles. The number of hydrogen-bond acceptors (Lipinski definition) is 3. The van der Waals surface area contributed by atoms with Crippen LogP contribution in [0.3, 0.4) is 0 Å². The Balaban J connectivity index is 2.03. The van der Waals surface area contributed by atoms with Gasteiger partial charge in [-0.25, -0.2) is 0 Å². The molecule has 2 rings (SSSR count). The van der Waals surface area contributed by atoms with Crippen molar-refractivity contribution >= 4 is 35.2 Å². The van der Waals surface area contributed by atoms with Crippen LogP contribution in [0.4, 0.5) is 0 Å². The van der Waals surface area contributed by atoms with Crippen molar-refractivity contribution in [3.8, 4) is 0 Å². The molecule has 0 bridgehead atoms. The summed E-state index contributed by atoms with van der Waals surface area (Å²) in [7, 11) is 0. The lowest BCUT2D eigenvalue weighted by atomic mass is 9.80. The van der Waals surface area contributed by atoms with E-state index in [0.29, 0.717) is 24.4 Å². The number of rotatable bonds is 6. The van der Waals surface area contributed by atoms with E-state index in [9.17, 15) is 9.59 Å². The Morgan fingerprint density at radius 3 is 2.42 bits per heavy atom. The fraction of sp³-hybridized carbons (Fsp3) is 0.556. The SMILES string of the molecule is CCNC(=O)C1(NC(=O)C(C)Sc2ccc(Cl)cc2)CCCCC1. The first-order chi connectivity index (χ1) is 11.5. The normalized spacial score (nSPS) is 17.8. The highest BCUT2D eigenvalue weighted by molar-refractivity contribution is 8.00. The summed E-state index contributed by atoms with van der Waals surface area (Å²) in [6, 6.07) is 7.42. The lowest BCUT2D eigenvalue weighted by molar-refractivity contribution is -0.134. The van der Waals surface area contributed by atoms with Gasteiger partial charge in [0.25, 0.3) is 0 Å². The molecule has 132 valence electrons. The lowest BCUT2D eigenvalue weighted by Gasteiger charge is -2.37. The predicted molar refractivity (Wildman–Crippen MR) is 99.4 cm³/mol. The topological polar surface area (TPSA) is 58.2 Å². The van der Waals surface area contributed by atoms with Gasteiger partial charge in [-0.05, 0) is 51.0 Å². The molecule has 1 aliphatic rings. The zero-order chi connectivity index (χ0) is 17.6. The minimum Gasteiger partial charge on any atom is -0.354 e. The van der Waals surface area contributed by atoms with Crippen LogP contribution in [-0.4, -0.2) is 29.1 Å². The van der Waals surface area contributed by atoms with E-state index in [4.69, 9.17) is 11.6 Å². The summed E-state index contributed by atoms with van der Waals surface area (Å²) < 4.78 is 0. The lowest BCUT2D eigenvalue weighted by Crippen LogP contribution is -2.60. The van der Waals surface area contributed by atoms with Crippen LogP contribution < -0.4 is 10.6 Å². The molecular weight excluding hydrogens is 344 g/mol. The fourth-order valence-corrected chi connectivity index (χ4v) is 4.00. The maximum absolute atomic E-state index is 12.7. The van der Waals surface area contributed by atoms with Crippen molar-refractivity contribution < 1.29 is 9.59 Å². The Bertz CT molecular complexity index is 571. The zero-order valence-electron chi connectivity index (χ0n) is 14.2. The summed E-state index contributed by atoms with van der Waals surface area (Å²) in [5.41, 5.74) is -0.750. The molecular formula is C18H25ClN2O2S. The van der Waals surface area contributed by atoms with Gasteiger partial charge in [0.1, 0.15) is 5.54 Å². The smallest absolute Gasteiger partial charge is 0.245 e. The first-order valence-electron chi connectivity index (χ1n) is 8.49. The number of hydrogen-bond donors (Lipinski definition) is 2.